The van der Waals surface area contributed by atoms with Crippen molar-refractivity contribution in [3.05, 3.63) is 19.2 Å². The molecule has 21 heavy (non-hydrogen) atoms. The molecule has 1 aliphatic rings. The summed E-state index contributed by atoms with van der Waals surface area (Å²) in [6, 6.07) is 2.03. The molecule has 2 N–H and O–H groups in total. The van der Waals surface area contributed by atoms with Gasteiger partial charge in [-0.25, -0.2) is 0 Å². The third kappa shape index (κ3) is 4.53. The van der Waals surface area contributed by atoms with Crippen LogP contribution in [0.15, 0.2) is 13.6 Å². The van der Waals surface area contributed by atoms with Gasteiger partial charge < -0.3 is 10.5 Å². The van der Waals surface area contributed by atoms with E-state index in [4.69, 9.17) is 10.5 Å². The highest BCUT2D eigenvalue weighted by atomic mass is 79.9. The molecular formula is C15H21Br2NO2S. The van der Waals surface area contributed by atoms with E-state index in [1.165, 1.54) is 12.8 Å². The summed E-state index contributed by atoms with van der Waals surface area (Å²) in [5.41, 5.74) is 7.57. The molecule has 6 heteroatoms. The van der Waals surface area contributed by atoms with Crippen molar-refractivity contribution in [2.24, 2.45) is 11.1 Å². The molecule has 0 radical (unpaired) electrons. The Balaban J connectivity index is 2.08. The number of nitrogens with two attached hydrogens (primary N) is 1. The number of thiophene rings is 1. The van der Waals surface area contributed by atoms with E-state index >= 15 is 0 Å². The van der Waals surface area contributed by atoms with Crippen LogP contribution < -0.4 is 5.73 Å². The largest absolute Gasteiger partial charge is 0.466 e. The molecule has 1 aromatic rings. The van der Waals surface area contributed by atoms with Crippen LogP contribution in [0.1, 0.15) is 57.1 Å². The van der Waals surface area contributed by atoms with E-state index in [0.717, 1.165) is 32.4 Å². The first kappa shape index (κ1) is 17.4. The zero-order valence-electron chi connectivity index (χ0n) is 12.2. The van der Waals surface area contributed by atoms with Crippen LogP contribution in [-0.2, 0) is 9.53 Å². The molecule has 0 bridgehead atoms. The first-order valence-corrected chi connectivity index (χ1v) is 9.72. The van der Waals surface area contributed by atoms with Gasteiger partial charge in [0, 0.05) is 6.04 Å². The number of hydrogen-bond donors (Lipinski definition) is 1. The molecule has 1 saturated carbocycles. The Morgan fingerprint density at radius 1 is 1.48 bits per heavy atom. The van der Waals surface area contributed by atoms with Gasteiger partial charge in [0.15, 0.2) is 0 Å². The minimum absolute atomic E-state index is 0.0134. The second kappa shape index (κ2) is 7.57. The molecule has 0 spiro atoms. The number of esters is 1. The van der Waals surface area contributed by atoms with Gasteiger partial charge in [0.25, 0.3) is 0 Å². The van der Waals surface area contributed by atoms with Crippen LogP contribution >= 0.6 is 43.2 Å². The van der Waals surface area contributed by atoms with Gasteiger partial charge >= 0.3 is 5.97 Å². The Kier molecular flexibility index (Phi) is 6.29. The topological polar surface area (TPSA) is 52.3 Å². The molecule has 0 saturated heterocycles. The average Bonchev–Trinajstić information content (AvgIpc) is 2.96. The van der Waals surface area contributed by atoms with Crippen LogP contribution in [-0.4, -0.2) is 12.6 Å². The lowest BCUT2D eigenvalue weighted by molar-refractivity contribution is -0.146. The Hall–Kier alpha value is 0.0900. The van der Waals surface area contributed by atoms with E-state index in [0.29, 0.717) is 13.0 Å². The zero-order chi connectivity index (χ0) is 15.5. The highest BCUT2D eigenvalue weighted by molar-refractivity contribution is 9.12. The van der Waals surface area contributed by atoms with Gasteiger partial charge in [-0.15, -0.1) is 11.3 Å². The second-order valence-electron chi connectivity index (χ2n) is 5.78. The molecule has 0 aromatic carbocycles. The number of halogens is 2. The summed E-state index contributed by atoms with van der Waals surface area (Å²) in [6.45, 7) is 2.30. The quantitative estimate of drug-likeness (QED) is 0.622. The van der Waals surface area contributed by atoms with Gasteiger partial charge in [-0.05, 0) is 75.1 Å². The van der Waals surface area contributed by atoms with Gasteiger partial charge in [-0.2, -0.15) is 0 Å². The number of carbonyl (C=O) groups excluding carboxylic acids is 1. The van der Waals surface area contributed by atoms with E-state index in [-0.39, 0.29) is 17.4 Å². The molecule has 1 fully saturated rings. The van der Waals surface area contributed by atoms with Crippen molar-refractivity contribution in [3.8, 4) is 0 Å². The van der Waals surface area contributed by atoms with Crippen LogP contribution in [0.25, 0.3) is 0 Å². The number of carbonyl (C=O) groups is 1. The van der Waals surface area contributed by atoms with Crippen LogP contribution in [0.4, 0.5) is 0 Å². The molecule has 118 valence electrons. The predicted molar refractivity (Wildman–Crippen MR) is 93.4 cm³/mol. The summed E-state index contributed by atoms with van der Waals surface area (Å²) < 4.78 is 7.30. The fraction of sp³-hybridized carbons (Fsp3) is 0.667. The maximum atomic E-state index is 11.9. The van der Waals surface area contributed by atoms with Crippen molar-refractivity contribution >= 4 is 49.2 Å². The molecule has 0 amide bonds. The summed E-state index contributed by atoms with van der Waals surface area (Å²) >= 11 is 8.71. The van der Waals surface area contributed by atoms with Crippen molar-refractivity contribution < 1.29 is 9.53 Å². The van der Waals surface area contributed by atoms with E-state index in [1.807, 2.05) is 6.92 Å². The highest BCUT2D eigenvalue weighted by Gasteiger charge is 2.38. The first-order chi connectivity index (χ1) is 9.96. The van der Waals surface area contributed by atoms with Gasteiger partial charge in [-0.1, -0.05) is 12.8 Å². The molecule has 1 atom stereocenters. The molecule has 1 unspecified atom stereocenters. The van der Waals surface area contributed by atoms with Crippen molar-refractivity contribution in [1.29, 1.82) is 0 Å². The van der Waals surface area contributed by atoms with E-state index in [9.17, 15) is 4.79 Å². The normalized spacial score (nSPS) is 18.7. The lowest BCUT2D eigenvalue weighted by Gasteiger charge is -2.31. The van der Waals surface area contributed by atoms with Crippen LogP contribution in [0.2, 0.25) is 0 Å². The Labute approximate surface area is 146 Å². The van der Waals surface area contributed by atoms with Crippen LogP contribution in [0, 0.1) is 5.41 Å². The summed E-state index contributed by atoms with van der Waals surface area (Å²) in [5.74, 6) is -0.0860. The maximum Gasteiger partial charge on any atom is 0.306 e. The van der Waals surface area contributed by atoms with E-state index in [1.54, 1.807) is 11.3 Å². The number of hydrogen-bond acceptors (Lipinski definition) is 4. The van der Waals surface area contributed by atoms with Crippen molar-refractivity contribution in [2.75, 3.05) is 6.61 Å². The molecule has 1 heterocycles. The molecule has 1 aromatic heterocycles. The Bertz CT molecular complexity index is 498. The highest BCUT2D eigenvalue weighted by Crippen LogP contribution is 2.48. The average molecular weight is 439 g/mol. The van der Waals surface area contributed by atoms with Crippen molar-refractivity contribution in [3.63, 3.8) is 0 Å². The summed E-state index contributed by atoms with van der Waals surface area (Å²) in [7, 11) is 0. The number of ether oxygens (including phenoxy) is 1. The summed E-state index contributed by atoms with van der Waals surface area (Å²) in [5, 5.41) is 0. The Morgan fingerprint density at radius 3 is 2.67 bits per heavy atom. The monoisotopic (exact) mass is 437 g/mol. The SMILES string of the molecule is CCOC(=O)CC1(CC(N)c2cc(Br)sc2Br)CCCC1. The Morgan fingerprint density at radius 2 is 2.14 bits per heavy atom. The van der Waals surface area contributed by atoms with Crippen molar-refractivity contribution in [1.82, 2.24) is 0 Å². The van der Waals surface area contributed by atoms with E-state index in [2.05, 4.69) is 37.9 Å². The summed E-state index contributed by atoms with van der Waals surface area (Å²) in [4.78, 5) is 11.9. The molecule has 0 aliphatic heterocycles. The predicted octanol–water partition coefficient (Wildman–Crippen LogP) is 5.18. The second-order valence-corrected chi connectivity index (χ2v) is 9.53. The van der Waals surface area contributed by atoms with Gasteiger partial charge in [-0.3, -0.25) is 4.79 Å². The molecule has 1 aliphatic carbocycles. The third-order valence-electron chi connectivity index (χ3n) is 4.22. The van der Waals surface area contributed by atoms with E-state index < -0.39 is 0 Å². The smallest absolute Gasteiger partial charge is 0.306 e. The number of rotatable bonds is 6. The van der Waals surface area contributed by atoms with Crippen LogP contribution in [0.3, 0.4) is 0 Å². The minimum atomic E-state index is -0.0860. The minimum Gasteiger partial charge on any atom is -0.466 e. The third-order valence-corrected chi connectivity index (χ3v) is 6.61. The first-order valence-electron chi connectivity index (χ1n) is 7.32. The lowest BCUT2D eigenvalue weighted by Crippen LogP contribution is -2.27. The fourth-order valence-corrected chi connectivity index (χ4v) is 6.28. The lowest BCUT2D eigenvalue weighted by atomic mass is 9.76. The van der Waals surface area contributed by atoms with Gasteiger partial charge in [0.1, 0.15) is 0 Å². The van der Waals surface area contributed by atoms with Crippen LogP contribution in [0.5, 0.6) is 0 Å². The fourth-order valence-electron chi connectivity index (χ4n) is 3.28. The zero-order valence-corrected chi connectivity index (χ0v) is 16.2. The standard InChI is InChI=1S/C15H21Br2NO2S/c1-2-20-13(19)9-15(5-3-4-6-15)8-11(18)10-7-12(16)21-14(10)17/h7,11H,2-6,8-9,18H2,1H3. The molecular weight excluding hydrogens is 418 g/mol. The maximum absolute atomic E-state index is 11.9. The van der Waals surface area contributed by atoms with Gasteiger partial charge in [0.2, 0.25) is 0 Å². The summed E-state index contributed by atoms with van der Waals surface area (Å²) in [6.07, 6.45) is 5.84. The molecule has 2 rings (SSSR count). The van der Waals surface area contributed by atoms with Gasteiger partial charge in [0.05, 0.1) is 20.6 Å². The molecule has 3 nitrogen and oxygen atoms in total. The van der Waals surface area contributed by atoms with Crippen molar-refractivity contribution in [2.45, 2.75) is 51.5 Å².